The van der Waals surface area contributed by atoms with Crippen molar-refractivity contribution in [2.75, 3.05) is 23.9 Å². The first-order valence-corrected chi connectivity index (χ1v) is 10.5. The molecule has 2 aromatic rings. The van der Waals surface area contributed by atoms with E-state index in [2.05, 4.69) is 15.7 Å². The Bertz CT molecular complexity index is 867. The molecule has 0 aliphatic heterocycles. The molecule has 0 radical (unpaired) electrons. The molecule has 29 heavy (non-hydrogen) atoms. The maximum absolute atomic E-state index is 12.5. The van der Waals surface area contributed by atoms with Crippen molar-refractivity contribution >= 4 is 35.2 Å². The Labute approximate surface area is 174 Å². The highest BCUT2D eigenvalue weighted by Crippen LogP contribution is 2.18. The van der Waals surface area contributed by atoms with E-state index < -0.39 is 24.5 Å². The SMILES string of the molecule is CSCC[C@@H](NC(=O)c1ccccc1)C(=O)OCC(=O)Nc1c(C)nn(C)c1C. The van der Waals surface area contributed by atoms with E-state index in [1.165, 1.54) is 0 Å². The van der Waals surface area contributed by atoms with Gasteiger partial charge in [0, 0.05) is 12.6 Å². The van der Waals surface area contributed by atoms with E-state index in [0.29, 0.717) is 29.1 Å². The first-order valence-electron chi connectivity index (χ1n) is 9.15. The number of amides is 2. The average Bonchev–Trinajstić information content (AvgIpc) is 2.95. The number of thioether (sulfide) groups is 1. The van der Waals surface area contributed by atoms with Crippen molar-refractivity contribution in [3.05, 3.63) is 47.3 Å². The van der Waals surface area contributed by atoms with Gasteiger partial charge in [-0.2, -0.15) is 16.9 Å². The lowest BCUT2D eigenvalue weighted by Crippen LogP contribution is -2.43. The van der Waals surface area contributed by atoms with E-state index in [1.54, 1.807) is 60.7 Å². The molecule has 9 heteroatoms. The van der Waals surface area contributed by atoms with E-state index in [4.69, 9.17) is 4.74 Å². The summed E-state index contributed by atoms with van der Waals surface area (Å²) in [6.45, 7) is 3.18. The molecule has 0 saturated carbocycles. The smallest absolute Gasteiger partial charge is 0.329 e. The van der Waals surface area contributed by atoms with Crippen LogP contribution in [-0.2, 0) is 21.4 Å². The molecule has 0 bridgehead atoms. The van der Waals surface area contributed by atoms with Gasteiger partial charge >= 0.3 is 5.97 Å². The predicted octanol–water partition coefficient (Wildman–Crippen LogP) is 2.07. The van der Waals surface area contributed by atoms with E-state index >= 15 is 0 Å². The van der Waals surface area contributed by atoms with Crippen LogP contribution in [0.5, 0.6) is 0 Å². The topological polar surface area (TPSA) is 102 Å². The summed E-state index contributed by atoms with van der Waals surface area (Å²) in [5.74, 6) is -0.803. The maximum atomic E-state index is 12.5. The number of rotatable bonds is 9. The quantitative estimate of drug-likeness (QED) is 0.605. The lowest BCUT2D eigenvalue weighted by Gasteiger charge is -2.17. The van der Waals surface area contributed by atoms with Gasteiger partial charge in [0.15, 0.2) is 6.61 Å². The third-order valence-electron chi connectivity index (χ3n) is 4.36. The number of ether oxygens (including phenoxy) is 1. The standard InChI is InChI=1S/C20H26N4O4S/c1-13-18(14(2)24(3)23-13)22-17(25)12-28-20(27)16(10-11-29-4)21-19(26)15-8-6-5-7-9-15/h5-9,16H,10-12H2,1-4H3,(H,21,26)(H,22,25)/t16-/m1/s1. The lowest BCUT2D eigenvalue weighted by molar-refractivity contribution is -0.149. The van der Waals surface area contributed by atoms with Crippen LogP contribution in [0.3, 0.4) is 0 Å². The molecule has 0 unspecified atom stereocenters. The minimum Gasteiger partial charge on any atom is -0.454 e. The monoisotopic (exact) mass is 418 g/mol. The van der Waals surface area contributed by atoms with E-state index in [1.807, 2.05) is 13.2 Å². The third kappa shape index (κ3) is 6.35. The highest BCUT2D eigenvalue weighted by atomic mass is 32.2. The number of carbonyl (C=O) groups excluding carboxylic acids is 3. The van der Waals surface area contributed by atoms with Gasteiger partial charge in [0.05, 0.1) is 17.1 Å². The van der Waals surface area contributed by atoms with Crippen molar-refractivity contribution < 1.29 is 19.1 Å². The van der Waals surface area contributed by atoms with Gasteiger partial charge in [-0.1, -0.05) is 18.2 Å². The Morgan fingerprint density at radius 3 is 2.48 bits per heavy atom. The molecule has 2 amide bonds. The van der Waals surface area contributed by atoms with Crippen LogP contribution in [0.2, 0.25) is 0 Å². The third-order valence-corrected chi connectivity index (χ3v) is 5.00. The Morgan fingerprint density at radius 2 is 1.90 bits per heavy atom. The van der Waals surface area contributed by atoms with Crippen LogP contribution in [0, 0.1) is 13.8 Å². The van der Waals surface area contributed by atoms with Crippen molar-refractivity contribution in [3.8, 4) is 0 Å². The molecule has 0 saturated heterocycles. The van der Waals surface area contributed by atoms with Gasteiger partial charge in [-0.25, -0.2) is 4.79 Å². The van der Waals surface area contributed by atoms with Crippen LogP contribution in [0.15, 0.2) is 30.3 Å². The first kappa shape index (κ1) is 22.5. The summed E-state index contributed by atoms with van der Waals surface area (Å²) in [4.78, 5) is 37.0. The molecule has 1 heterocycles. The largest absolute Gasteiger partial charge is 0.454 e. The normalized spacial score (nSPS) is 11.6. The molecule has 1 atom stereocenters. The van der Waals surface area contributed by atoms with Crippen LogP contribution < -0.4 is 10.6 Å². The molecule has 1 aromatic carbocycles. The van der Waals surface area contributed by atoms with Gasteiger partial charge in [-0.05, 0) is 44.4 Å². The second-order valence-electron chi connectivity index (χ2n) is 6.50. The number of anilines is 1. The van der Waals surface area contributed by atoms with Gasteiger partial charge in [0.2, 0.25) is 0 Å². The van der Waals surface area contributed by atoms with Crippen molar-refractivity contribution in [1.29, 1.82) is 0 Å². The molecule has 156 valence electrons. The zero-order valence-corrected chi connectivity index (χ0v) is 17.8. The Morgan fingerprint density at radius 1 is 1.21 bits per heavy atom. The van der Waals surface area contributed by atoms with Crippen molar-refractivity contribution in [3.63, 3.8) is 0 Å². The molecule has 8 nitrogen and oxygen atoms in total. The molecular formula is C20H26N4O4S. The van der Waals surface area contributed by atoms with E-state index in [9.17, 15) is 14.4 Å². The zero-order chi connectivity index (χ0) is 21.4. The average molecular weight is 419 g/mol. The highest BCUT2D eigenvalue weighted by molar-refractivity contribution is 7.98. The van der Waals surface area contributed by atoms with E-state index in [0.717, 1.165) is 5.69 Å². The van der Waals surface area contributed by atoms with E-state index in [-0.39, 0.29) is 5.91 Å². The maximum Gasteiger partial charge on any atom is 0.329 e. The number of nitrogens with one attached hydrogen (secondary N) is 2. The first-order chi connectivity index (χ1) is 13.8. The van der Waals surface area contributed by atoms with Crippen LogP contribution in [0.25, 0.3) is 0 Å². The van der Waals surface area contributed by atoms with Crippen LogP contribution in [-0.4, -0.2) is 52.2 Å². The number of aromatic nitrogens is 2. The summed E-state index contributed by atoms with van der Waals surface area (Å²) in [7, 11) is 1.78. The molecule has 1 aromatic heterocycles. The van der Waals surface area contributed by atoms with Crippen molar-refractivity contribution in [2.24, 2.45) is 7.05 Å². The fraction of sp³-hybridized carbons (Fsp3) is 0.400. The number of hydrogen-bond donors (Lipinski definition) is 2. The Hall–Kier alpha value is -2.81. The van der Waals surface area contributed by atoms with Crippen molar-refractivity contribution in [2.45, 2.75) is 26.3 Å². The minimum absolute atomic E-state index is 0.361. The van der Waals surface area contributed by atoms with Crippen molar-refractivity contribution in [1.82, 2.24) is 15.1 Å². The summed E-state index contributed by atoms with van der Waals surface area (Å²) in [5.41, 5.74) is 2.53. The minimum atomic E-state index is -0.829. The second-order valence-corrected chi connectivity index (χ2v) is 7.48. The summed E-state index contributed by atoms with van der Waals surface area (Å²) >= 11 is 1.55. The summed E-state index contributed by atoms with van der Waals surface area (Å²) < 4.78 is 6.82. The molecule has 2 rings (SSSR count). The molecule has 0 spiro atoms. The van der Waals surface area contributed by atoms with Gasteiger partial charge in [0.1, 0.15) is 6.04 Å². The zero-order valence-electron chi connectivity index (χ0n) is 17.0. The number of carbonyl (C=O) groups is 3. The lowest BCUT2D eigenvalue weighted by atomic mass is 10.1. The number of aryl methyl sites for hydroxylation is 2. The number of esters is 1. The van der Waals surface area contributed by atoms with Crippen LogP contribution >= 0.6 is 11.8 Å². The number of nitrogens with zero attached hydrogens (tertiary/aromatic N) is 2. The van der Waals surface area contributed by atoms with Gasteiger partial charge in [0.25, 0.3) is 11.8 Å². The highest BCUT2D eigenvalue weighted by Gasteiger charge is 2.23. The molecule has 0 aliphatic rings. The number of hydrogen-bond acceptors (Lipinski definition) is 6. The molecule has 0 fully saturated rings. The van der Waals surface area contributed by atoms with Gasteiger partial charge < -0.3 is 15.4 Å². The Balaban J connectivity index is 1.94. The summed E-state index contributed by atoms with van der Waals surface area (Å²) in [5, 5.41) is 9.63. The molecular weight excluding hydrogens is 392 g/mol. The van der Waals surface area contributed by atoms with Crippen LogP contribution in [0.1, 0.15) is 28.2 Å². The summed E-state index contributed by atoms with van der Waals surface area (Å²) in [6, 6.07) is 7.80. The second kappa shape index (κ2) is 10.7. The fourth-order valence-corrected chi connectivity index (χ4v) is 3.15. The van der Waals surface area contributed by atoms with Gasteiger partial charge in [-0.3, -0.25) is 14.3 Å². The molecule has 0 aliphatic carbocycles. The molecule has 2 N–H and O–H groups in total. The van der Waals surface area contributed by atoms with Gasteiger partial charge in [-0.15, -0.1) is 0 Å². The van der Waals surface area contributed by atoms with Crippen LogP contribution in [0.4, 0.5) is 5.69 Å². The predicted molar refractivity (Wildman–Crippen MR) is 113 cm³/mol. The number of benzene rings is 1. The Kier molecular flexibility index (Phi) is 8.26. The fourth-order valence-electron chi connectivity index (χ4n) is 2.68. The summed E-state index contributed by atoms with van der Waals surface area (Å²) in [6.07, 6.45) is 2.31.